The van der Waals surface area contributed by atoms with Crippen LogP contribution < -0.4 is 4.90 Å². The average Bonchev–Trinajstić information content (AvgIpc) is 3.54. The van der Waals surface area contributed by atoms with Gasteiger partial charge in [-0.15, -0.1) is 10.2 Å². The van der Waals surface area contributed by atoms with Crippen LogP contribution in [0.15, 0.2) is 52.2 Å². The summed E-state index contributed by atoms with van der Waals surface area (Å²) in [4.78, 5) is 17.1. The second-order valence-electron chi connectivity index (χ2n) is 7.76. The smallest absolute Gasteiger partial charge is 0.233 e. The van der Waals surface area contributed by atoms with E-state index in [1.165, 1.54) is 35.7 Å². The topological polar surface area (TPSA) is 67.4 Å². The van der Waals surface area contributed by atoms with Crippen molar-refractivity contribution in [3.05, 3.63) is 59.5 Å². The number of hydrogen-bond acceptors (Lipinski definition) is 6. The zero-order valence-electron chi connectivity index (χ0n) is 16.9. The zero-order valence-corrected chi connectivity index (χ0v) is 17.7. The number of thioether (sulfide) groups is 1. The molecular weight excluding hydrogens is 398 g/mol. The van der Waals surface area contributed by atoms with E-state index in [2.05, 4.69) is 37.9 Å². The molecule has 8 heteroatoms. The lowest BCUT2D eigenvalue weighted by atomic mass is 10.00. The van der Waals surface area contributed by atoms with Gasteiger partial charge in [-0.1, -0.05) is 36.0 Å². The lowest BCUT2D eigenvalue weighted by molar-refractivity contribution is -0.129. The average molecular weight is 424 g/mol. The number of hydrogen-bond donors (Lipinski definition) is 0. The summed E-state index contributed by atoms with van der Waals surface area (Å²) in [6.07, 6.45) is 4.94. The van der Waals surface area contributed by atoms with Gasteiger partial charge in [0.1, 0.15) is 5.76 Å². The molecule has 4 heterocycles. The second-order valence-corrected chi connectivity index (χ2v) is 8.71. The van der Waals surface area contributed by atoms with Gasteiger partial charge in [0.15, 0.2) is 5.16 Å². The van der Waals surface area contributed by atoms with Crippen molar-refractivity contribution in [2.75, 3.05) is 30.3 Å². The lowest BCUT2D eigenvalue weighted by Crippen LogP contribution is -2.37. The Morgan fingerprint density at radius 1 is 1.03 bits per heavy atom. The van der Waals surface area contributed by atoms with E-state index in [9.17, 15) is 4.79 Å². The highest BCUT2D eigenvalue weighted by Gasteiger charge is 2.24. The molecule has 0 spiro atoms. The molecule has 0 aliphatic carbocycles. The van der Waals surface area contributed by atoms with Crippen molar-refractivity contribution in [1.82, 2.24) is 19.7 Å². The van der Waals surface area contributed by atoms with Crippen LogP contribution in [0.4, 0.5) is 5.95 Å². The Morgan fingerprint density at radius 2 is 1.87 bits per heavy atom. The number of anilines is 1. The third kappa shape index (κ3) is 3.96. The number of nitrogens with zero attached hydrogens (tertiary/aromatic N) is 5. The molecular formula is C22H25N5O2S. The van der Waals surface area contributed by atoms with Crippen LogP contribution >= 0.6 is 11.8 Å². The van der Waals surface area contributed by atoms with Crippen LogP contribution in [0.2, 0.25) is 0 Å². The quantitative estimate of drug-likeness (QED) is 0.567. The summed E-state index contributed by atoms with van der Waals surface area (Å²) in [5, 5.41) is 9.63. The molecule has 156 valence electrons. The van der Waals surface area contributed by atoms with Crippen LogP contribution in [-0.2, 0) is 24.3 Å². The van der Waals surface area contributed by atoms with E-state index in [0.29, 0.717) is 18.8 Å². The van der Waals surface area contributed by atoms with Gasteiger partial charge in [0.2, 0.25) is 11.9 Å². The van der Waals surface area contributed by atoms with E-state index in [-0.39, 0.29) is 5.91 Å². The molecule has 1 saturated heterocycles. The largest absolute Gasteiger partial charge is 0.467 e. The van der Waals surface area contributed by atoms with Crippen molar-refractivity contribution in [1.29, 1.82) is 0 Å². The highest BCUT2D eigenvalue weighted by atomic mass is 32.2. The molecule has 0 saturated carbocycles. The van der Waals surface area contributed by atoms with Gasteiger partial charge in [-0.3, -0.25) is 9.36 Å². The van der Waals surface area contributed by atoms with Crippen molar-refractivity contribution >= 4 is 23.6 Å². The standard InChI is InChI=1S/C22H25N5O2S/c28-20(26-12-9-17-6-1-2-7-18(17)14-26)16-30-22-24-23-21(25-10-3-4-11-25)27(22)15-19-8-5-13-29-19/h1-2,5-8,13H,3-4,9-12,14-16H2. The van der Waals surface area contributed by atoms with E-state index < -0.39 is 0 Å². The summed E-state index contributed by atoms with van der Waals surface area (Å²) >= 11 is 1.46. The molecule has 30 heavy (non-hydrogen) atoms. The van der Waals surface area contributed by atoms with Crippen LogP contribution in [0.3, 0.4) is 0 Å². The number of amides is 1. The minimum absolute atomic E-state index is 0.143. The van der Waals surface area contributed by atoms with Crippen molar-refractivity contribution < 1.29 is 9.21 Å². The van der Waals surface area contributed by atoms with Gasteiger partial charge in [-0.2, -0.15) is 0 Å². The maximum absolute atomic E-state index is 12.9. The maximum atomic E-state index is 12.9. The van der Waals surface area contributed by atoms with Crippen LogP contribution in [-0.4, -0.2) is 51.0 Å². The van der Waals surface area contributed by atoms with Crippen molar-refractivity contribution in [3.63, 3.8) is 0 Å². The molecule has 0 bridgehead atoms. The van der Waals surface area contributed by atoms with E-state index in [1.807, 2.05) is 23.1 Å². The minimum atomic E-state index is 0.143. The van der Waals surface area contributed by atoms with Crippen molar-refractivity contribution in [2.24, 2.45) is 0 Å². The molecule has 7 nitrogen and oxygen atoms in total. The molecule has 2 aromatic heterocycles. The summed E-state index contributed by atoms with van der Waals surface area (Å²) in [5.41, 5.74) is 2.60. The first-order valence-electron chi connectivity index (χ1n) is 10.5. The van der Waals surface area contributed by atoms with Gasteiger partial charge in [0, 0.05) is 26.2 Å². The predicted molar refractivity (Wildman–Crippen MR) is 116 cm³/mol. The molecule has 0 atom stereocenters. The molecule has 0 N–H and O–H groups in total. The fraction of sp³-hybridized carbons (Fsp3) is 0.409. The molecule has 0 radical (unpaired) electrons. The Labute approximate surface area is 180 Å². The van der Waals surface area contributed by atoms with E-state index in [0.717, 1.165) is 42.9 Å². The number of carbonyl (C=O) groups excluding carboxylic acids is 1. The molecule has 2 aliphatic rings. The summed E-state index contributed by atoms with van der Waals surface area (Å²) < 4.78 is 7.63. The third-order valence-corrected chi connectivity index (χ3v) is 6.74. The van der Waals surface area contributed by atoms with E-state index in [4.69, 9.17) is 4.42 Å². The Balaban J connectivity index is 1.29. The van der Waals surface area contributed by atoms with E-state index in [1.54, 1.807) is 6.26 Å². The highest BCUT2D eigenvalue weighted by Crippen LogP contribution is 2.27. The van der Waals surface area contributed by atoms with Gasteiger partial charge in [0.25, 0.3) is 0 Å². The van der Waals surface area contributed by atoms with Crippen LogP contribution in [0.25, 0.3) is 0 Å². The first-order valence-corrected chi connectivity index (χ1v) is 11.4. The molecule has 0 unspecified atom stereocenters. The molecule has 3 aromatic rings. The Hall–Kier alpha value is -2.74. The highest BCUT2D eigenvalue weighted by molar-refractivity contribution is 7.99. The van der Waals surface area contributed by atoms with Gasteiger partial charge in [0.05, 0.1) is 18.6 Å². The lowest BCUT2D eigenvalue weighted by Gasteiger charge is -2.28. The number of benzene rings is 1. The summed E-state index contributed by atoms with van der Waals surface area (Å²) in [6, 6.07) is 12.2. The fourth-order valence-corrected chi connectivity index (χ4v) is 5.00. The first-order chi connectivity index (χ1) is 14.8. The monoisotopic (exact) mass is 423 g/mol. The van der Waals surface area contributed by atoms with Gasteiger partial charge in [-0.25, -0.2) is 0 Å². The first kappa shape index (κ1) is 19.2. The Morgan fingerprint density at radius 3 is 2.67 bits per heavy atom. The second kappa shape index (κ2) is 8.55. The minimum Gasteiger partial charge on any atom is -0.467 e. The van der Waals surface area contributed by atoms with Crippen LogP contribution in [0.1, 0.15) is 29.7 Å². The SMILES string of the molecule is O=C(CSc1nnc(N2CCCC2)n1Cc1ccco1)N1CCc2ccccc2C1. The number of furan rings is 1. The Bertz CT molecular complexity index is 1010. The maximum Gasteiger partial charge on any atom is 0.233 e. The van der Waals surface area contributed by atoms with Crippen molar-refractivity contribution in [3.8, 4) is 0 Å². The van der Waals surface area contributed by atoms with E-state index >= 15 is 0 Å². The fourth-order valence-electron chi connectivity index (χ4n) is 4.16. The molecule has 1 amide bonds. The summed E-state index contributed by atoms with van der Waals surface area (Å²) in [7, 11) is 0. The number of carbonyl (C=O) groups is 1. The summed E-state index contributed by atoms with van der Waals surface area (Å²) in [5.74, 6) is 2.23. The van der Waals surface area contributed by atoms with Crippen LogP contribution in [0, 0.1) is 0 Å². The predicted octanol–water partition coefficient (Wildman–Crippen LogP) is 3.20. The van der Waals surface area contributed by atoms with Crippen molar-refractivity contribution in [2.45, 2.75) is 37.5 Å². The van der Waals surface area contributed by atoms with Gasteiger partial charge in [-0.05, 0) is 42.5 Å². The zero-order chi connectivity index (χ0) is 20.3. The molecule has 1 aromatic carbocycles. The molecule has 1 fully saturated rings. The van der Waals surface area contributed by atoms with Gasteiger partial charge < -0.3 is 14.2 Å². The number of fused-ring (bicyclic) bond motifs is 1. The Kier molecular flexibility index (Phi) is 5.48. The molecule has 2 aliphatic heterocycles. The third-order valence-electron chi connectivity index (χ3n) is 5.79. The van der Waals surface area contributed by atoms with Gasteiger partial charge >= 0.3 is 0 Å². The van der Waals surface area contributed by atoms with Crippen LogP contribution in [0.5, 0.6) is 0 Å². The summed E-state index contributed by atoms with van der Waals surface area (Å²) in [6.45, 7) is 4.02. The normalized spacial score (nSPS) is 16.1. The number of aromatic nitrogens is 3. The number of rotatable bonds is 6. The molecule has 5 rings (SSSR count).